The van der Waals surface area contributed by atoms with Gasteiger partial charge in [-0.15, -0.1) is 5.10 Å². The second-order valence-corrected chi connectivity index (χ2v) is 5.97. The molecular formula is C16H21N5O2. The lowest BCUT2D eigenvalue weighted by molar-refractivity contribution is 0.0858. The number of nitrogens with zero attached hydrogens (tertiary/aromatic N) is 4. The predicted octanol–water partition coefficient (Wildman–Crippen LogP) is 1.83. The molecule has 1 N–H and O–H groups in total. The fraction of sp³-hybridized carbons (Fsp3) is 0.500. The SMILES string of the molecule is CC(C)n1nnnc1-c1cccc(C(=O)NCC2CCCO2)c1. The van der Waals surface area contributed by atoms with E-state index in [0.717, 1.165) is 25.0 Å². The summed E-state index contributed by atoms with van der Waals surface area (Å²) in [5.41, 5.74) is 1.42. The van der Waals surface area contributed by atoms with E-state index in [9.17, 15) is 4.79 Å². The summed E-state index contributed by atoms with van der Waals surface area (Å²) in [6.45, 7) is 5.36. The third-order valence-electron chi connectivity index (χ3n) is 3.88. The van der Waals surface area contributed by atoms with Crippen LogP contribution in [0.25, 0.3) is 11.4 Å². The minimum atomic E-state index is -0.106. The van der Waals surface area contributed by atoms with Crippen LogP contribution >= 0.6 is 0 Å². The quantitative estimate of drug-likeness (QED) is 0.910. The van der Waals surface area contributed by atoms with Gasteiger partial charge in [0.1, 0.15) is 0 Å². The maximum atomic E-state index is 12.3. The number of hydrogen-bond donors (Lipinski definition) is 1. The van der Waals surface area contributed by atoms with Crippen molar-refractivity contribution >= 4 is 5.91 Å². The maximum absolute atomic E-state index is 12.3. The average molecular weight is 315 g/mol. The molecule has 1 unspecified atom stereocenters. The molecule has 0 bridgehead atoms. The lowest BCUT2D eigenvalue weighted by Crippen LogP contribution is -2.31. The lowest BCUT2D eigenvalue weighted by atomic mass is 10.1. The van der Waals surface area contributed by atoms with Crippen molar-refractivity contribution in [3.05, 3.63) is 29.8 Å². The molecule has 1 aromatic heterocycles. The van der Waals surface area contributed by atoms with Gasteiger partial charge in [0.15, 0.2) is 5.82 Å². The van der Waals surface area contributed by atoms with E-state index in [2.05, 4.69) is 20.8 Å². The van der Waals surface area contributed by atoms with Crippen molar-refractivity contribution in [2.75, 3.05) is 13.2 Å². The first-order chi connectivity index (χ1) is 11.1. The highest BCUT2D eigenvalue weighted by Gasteiger charge is 2.17. The number of nitrogens with one attached hydrogen (secondary N) is 1. The standard InChI is InChI=1S/C16H21N5O2/c1-11(2)21-15(18-19-20-21)12-5-3-6-13(9-12)16(22)17-10-14-7-4-8-23-14/h3,5-6,9,11,14H,4,7-8,10H2,1-2H3,(H,17,22). The topological polar surface area (TPSA) is 81.9 Å². The molecule has 0 aliphatic carbocycles. The summed E-state index contributed by atoms with van der Waals surface area (Å²) in [5.74, 6) is 0.555. The second kappa shape index (κ2) is 6.87. The molecule has 0 spiro atoms. The van der Waals surface area contributed by atoms with Gasteiger partial charge < -0.3 is 10.1 Å². The van der Waals surface area contributed by atoms with Crippen LogP contribution in [0.15, 0.2) is 24.3 Å². The largest absolute Gasteiger partial charge is 0.376 e. The number of rotatable bonds is 5. The molecule has 7 nitrogen and oxygen atoms in total. The van der Waals surface area contributed by atoms with E-state index in [1.165, 1.54) is 0 Å². The molecule has 1 amide bonds. The summed E-state index contributed by atoms with van der Waals surface area (Å²) >= 11 is 0. The van der Waals surface area contributed by atoms with Gasteiger partial charge in [0, 0.05) is 24.3 Å². The van der Waals surface area contributed by atoms with Crippen molar-refractivity contribution in [1.29, 1.82) is 0 Å². The molecule has 1 saturated heterocycles. The van der Waals surface area contributed by atoms with Crippen LogP contribution in [0.3, 0.4) is 0 Å². The molecule has 2 heterocycles. The zero-order valence-electron chi connectivity index (χ0n) is 13.4. The van der Waals surface area contributed by atoms with Gasteiger partial charge in [-0.2, -0.15) is 0 Å². The van der Waals surface area contributed by atoms with Crippen molar-refractivity contribution < 1.29 is 9.53 Å². The van der Waals surface area contributed by atoms with Crippen molar-refractivity contribution in [3.63, 3.8) is 0 Å². The summed E-state index contributed by atoms with van der Waals surface area (Å²) in [7, 11) is 0. The van der Waals surface area contributed by atoms with Crippen LogP contribution in [0.1, 0.15) is 43.1 Å². The van der Waals surface area contributed by atoms with Gasteiger partial charge in [-0.1, -0.05) is 12.1 Å². The summed E-state index contributed by atoms with van der Waals surface area (Å²) < 4.78 is 7.26. The van der Waals surface area contributed by atoms with Crippen LogP contribution in [-0.4, -0.2) is 45.4 Å². The van der Waals surface area contributed by atoms with Gasteiger partial charge in [-0.25, -0.2) is 4.68 Å². The molecule has 1 fully saturated rings. The molecule has 1 aliphatic heterocycles. The number of aromatic nitrogens is 4. The van der Waals surface area contributed by atoms with E-state index in [-0.39, 0.29) is 18.1 Å². The van der Waals surface area contributed by atoms with Gasteiger partial charge >= 0.3 is 0 Å². The van der Waals surface area contributed by atoms with Crippen LogP contribution in [-0.2, 0) is 4.74 Å². The van der Waals surface area contributed by atoms with E-state index < -0.39 is 0 Å². The van der Waals surface area contributed by atoms with Gasteiger partial charge in [0.25, 0.3) is 5.91 Å². The third-order valence-corrected chi connectivity index (χ3v) is 3.88. The minimum Gasteiger partial charge on any atom is -0.376 e. The van der Waals surface area contributed by atoms with Crippen molar-refractivity contribution in [1.82, 2.24) is 25.5 Å². The van der Waals surface area contributed by atoms with E-state index in [0.29, 0.717) is 17.9 Å². The Morgan fingerprint density at radius 1 is 1.48 bits per heavy atom. The lowest BCUT2D eigenvalue weighted by Gasteiger charge is -2.12. The first-order valence-corrected chi connectivity index (χ1v) is 7.93. The number of carbonyl (C=O) groups excluding carboxylic acids is 1. The highest BCUT2D eigenvalue weighted by atomic mass is 16.5. The molecule has 2 aromatic rings. The number of amides is 1. The summed E-state index contributed by atoms with van der Waals surface area (Å²) in [4.78, 5) is 12.3. The zero-order chi connectivity index (χ0) is 16.2. The van der Waals surface area contributed by atoms with Gasteiger partial charge in [-0.3, -0.25) is 4.79 Å². The third kappa shape index (κ3) is 3.56. The van der Waals surface area contributed by atoms with Gasteiger partial charge in [0.05, 0.1) is 12.1 Å². The van der Waals surface area contributed by atoms with Gasteiger partial charge in [-0.05, 0) is 49.2 Å². The van der Waals surface area contributed by atoms with Crippen LogP contribution in [0, 0.1) is 0 Å². The highest BCUT2D eigenvalue weighted by Crippen LogP contribution is 2.20. The Kier molecular flexibility index (Phi) is 4.66. The van der Waals surface area contributed by atoms with E-state index in [1.54, 1.807) is 10.7 Å². The fourth-order valence-corrected chi connectivity index (χ4v) is 2.64. The smallest absolute Gasteiger partial charge is 0.251 e. The van der Waals surface area contributed by atoms with Crippen LogP contribution in [0.2, 0.25) is 0 Å². The molecule has 23 heavy (non-hydrogen) atoms. The predicted molar refractivity (Wildman–Crippen MR) is 84.9 cm³/mol. The zero-order valence-corrected chi connectivity index (χ0v) is 13.4. The summed E-state index contributed by atoms with van der Waals surface area (Å²) in [6.07, 6.45) is 2.20. The Morgan fingerprint density at radius 3 is 3.09 bits per heavy atom. The first-order valence-electron chi connectivity index (χ1n) is 7.93. The van der Waals surface area contributed by atoms with E-state index >= 15 is 0 Å². The normalized spacial score (nSPS) is 17.6. The number of tetrazole rings is 1. The Morgan fingerprint density at radius 2 is 2.35 bits per heavy atom. The average Bonchev–Trinajstić information content (AvgIpc) is 3.24. The summed E-state index contributed by atoms with van der Waals surface area (Å²) in [6, 6.07) is 7.50. The number of benzene rings is 1. The van der Waals surface area contributed by atoms with Crippen LogP contribution < -0.4 is 5.32 Å². The Balaban J connectivity index is 1.73. The minimum absolute atomic E-state index is 0.106. The Labute approximate surface area is 135 Å². The van der Waals surface area contributed by atoms with Crippen molar-refractivity contribution in [2.24, 2.45) is 0 Å². The molecule has 7 heteroatoms. The molecule has 122 valence electrons. The molecule has 3 rings (SSSR count). The number of hydrogen-bond acceptors (Lipinski definition) is 5. The van der Waals surface area contributed by atoms with E-state index in [1.807, 2.05) is 32.0 Å². The summed E-state index contributed by atoms with van der Waals surface area (Å²) in [5, 5.41) is 14.7. The van der Waals surface area contributed by atoms with Crippen molar-refractivity contribution in [2.45, 2.75) is 38.8 Å². The maximum Gasteiger partial charge on any atom is 0.251 e. The van der Waals surface area contributed by atoms with Crippen LogP contribution in [0.5, 0.6) is 0 Å². The Hall–Kier alpha value is -2.28. The van der Waals surface area contributed by atoms with Gasteiger partial charge in [0.2, 0.25) is 0 Å². The fourth-order valence-electron chi connectivity index (χ4n) is 2.64. The van der Waals surface area contributed by atoms with E-state index in [4.69, 9.17) is 4.74 Å². The molecule has 0 saturated carbocycles. The first kappa shape index (κ1) is 15.6. The highest BCUT2D eigenvalue weighted by molar-refractivity contribution is 5.95. The molecule has 1 atom stereocenters. The van der Waals surface area contributed by atoms with Crippen molar-refractivity contribution in [3.8, 4) is 11.4 Å². The number of carbonyl (C=O) groups is 1. The molecule has 1 aliphatic rings. The molecule has 0 radical (unpaired) electrons. The monoisotopic (exact) mass is 315 g/mol. The Bertz CT molecular complexity index is 677. The second-order valence-electron chi connectivity index (χ2n) is 5.97. The number of ether oxygens (including phenoxy) is 1. The molecule has 1 aromatic carbocycles. The van der Waals surface area contributed by atoms with Crippen LogP contribution in [0.4, 0.5) is 0 Å². The molecular weight excluding hydrogens is 294 g/mol.